The molecule has 3 aromatic rings. The number of aromatic nitrogens is 2. The van der Waals surface area contributed by atoms with E-state index in [-0.39, 0.29) is 11.7 Å². The Hall–Kier alpha value is -1.86. The van der Waals surface area contributed by atoms with Crippen LogP contribution >= 0.6 is 31.9 Å². The number of rotatable bonds is 4. The number of carbonyl (C=O) groups is 1. The van der Waals surface area contributed by atoms with Crippen molar-refractivity contribution in [1.29, 1.82) is 0 Å². The molecular formula is C16H13Br2N3O2. The molecule has 1 amide bonds. The number of amides is 1. The second-order valence-corrected chi connectivity index (χ2v) is 6.62. The van der Waals surface area contributed by atoms with Gasteiger partial charge in [0.25, 0.3) is 5.91 Å². The third-order valence-corrected chi connectivity index (χ3v) is 4.49. The fourth-order valence-electron chi connectivity index (χ4n) is 2.19. The normalized spacial score (nSPS) is 10.7. The molecule has 0 saturated carbocycles. The van der Waals surface area contributed by atoms with E-state index in [4.69, 9.17) is 4.42 Å². The van der Waals surface area contributed by atoms with E-state index < -0.39 is 0 Å². The lowest BCUT2D eigenvalue weighted by Crippen LogP contribution is -2.16. The fourth-order valence-corrected chi connectivity index (χ4v) is 3.11. The number of hydrogen-bond donors (Lipinski definition) is 1. The first-order valence-electron chi connectivity index (χ1n) is 6.87. The summed E-state index contributed by atoms with van der Waals surface area (Å²) in [5.74, 6) is 0.588. The van der Waals surface area contributed by atoms with Gasteiger partial charge in [-0.15, -0.1) is 0 Å². The van der Waals surface area contributed by atoms with Crippen LogP contribution in [0.25, 0.3) is 0 Å². The summed E-state index contributed by atoms with van der Waals surface area (Å²) in [4.78, 5) is 12.3. The van der Waals surface area contributed by atoms with E-state index in [1.54, 1.807) is 23.0 Å². The molecule has 0 saturated heterocycles. The first kappa shape index (κ1) is 16.0. The van der Waals surface area contributed by atoms with E-state index in [2.05, 4.69) is 42.3 Å². The molecule has 0 atom stereocenters. The zero-order chi connectivity index (χ0) is 16.4. The summed E-state index contributed by atoms with van der Waals surface area (Å²) in [5.41, 5.74) is 1.84. The van der Waals surface area contributed by atoms with Crippen molar-refractivity contribution >= 4 is 43.6 Å². The fraction of sp³-hybridized carbons (Fsp3) is 0.125. The number of furan rings is 1. The number of nitrogens with zero attached hydrogens (tertiary/aromatic N) is 2. The number of nitrogens with one attached hydrogen (secondary N) is 1. The number of anilines is 1. The Morgan fingerprint density at radius 3 is 2.78 bits per heavy atom. The molecule has 0 spiro atoms. The van der Waals surface area contributed by atoms with Crippen LogP contribution in [-0.4, -0.2) is 15.7 Å². The van der Waals surface area contributed by atoms with Crippen LogP contribution in [0.5, 0.6) is 0 Å². The molecular weight excluding hydrogens is 426 g/mol. The van der Waals surface area contributed by atoms with Crippen LogP contribution in [0.4, 0.5) is 5.82 Å². The third-order valence-electron chi connectivity index (χ3n) is 3.33. The summed E-state index contributed by atoms with van der Waals surface area (Å²) in [6.07, 6.45) is 1.65. The number of halogens is 2. The van der Waals surface area contributed by atoms with Gasteiger partial charge < -0.3 is 9.73 Å². The van der Waals surface area contributed by atoms with Gasteiger partial charge in [0.15, 0.2) is 10.4 Å². The lowest BCUT2D eigenvalue weighted by Gasteiger charge is -2.09. The minimum absolute atomic E-state index is 0.283. The quantitative estimate of drug-likeness (QED) is 0.646. The van der Waals surface area contributed by atoms with Crippen molar-refractivity contribution in [3.8, 4) is 0 Å². The molecule has 118 valence electrons. The van der Waals surface area contributed by atoms with Crippen LogP contribution < -0.4 is 5.32 Å². The van der Waals surface area contributed by atoms with Crippen LogP contribution in [0.1, 0.15) is 21.7 Å². The summed E-state index contributed by atoms with van der Waals surface area (Å²) in [5, 5.41) is 7.10. The maximum Gasteiger partial charge on any atom is 0.292 e. The molecule has 23 heavy (non-hydrogen) atoms. The molecule has 2 heterocycles. The molecule has 0 unspecified atom stereocenters. The second kappa shape index (κ2) is 6.72. The monoisotopic (exact) mass is 437 g/mol. The first-order chi connectivity index (χ1) is 11.0. The van der Waals surface area contributed by atoms with Crippen LogP contribution in [0.2, 0.25) is 0 Å². The Bertz CT molecular complexity index is 855. The largest absolute Gasteiger partial charge is 0.444 e. The van der Waals surface area contributed by atoms with E-state index >= 15 is 0 Å². The highest BCUT2D eigenvalue weighted by Gasteiger charge is 2.17. The van der Waals surface area contributed by atoms with Gasteiger partial charge in [0.1, 0.15) is 5.82 Å². The van der Waals surface area contributed by atoms with Crippen molar-refractivity contribution in [2.24, 2.45) is 0 Å². The van der Waals surface area contributed by atoms with Gasteiger partial charge in [-0.2, -0.15) is 5.10 Å². The molecule has 1 N–H and O–H groups in total. The molecule has 5 nitrogen and oxygen atoms in total. The van der Waals surface area contributed by atoms with E-state index in [0.717, 1.165) is 15.6 Å². The van der Waals surface area contributed by atoms with Crippen LogP contribution in [0.3, 0.4) is 0 Å². The average Bonchev–Trinajstić information content (AvgIpc) is 3.08. The second-order valence-electron chi connectivity index (χ2n) is 4.98. The smallest absolute Gasteiger partial charge is 0.292 e. The van der Waals surface area contributed by atoms with Gasteiger partial charge in [-0.3, -0.25) is 4.79 Å². The number of benzene rings is 1. The summed E-state index contributed by atoms with van der Waals surface area (Å²) < 4.78 is 8.63. The van der Waals surface area contributed by atoms with Gasteiger partial charge in [0, 0.05) is 16.1 Å². The van der Waals surface area contributed by atoms with Gasteiger partial charge in [0.05, 0.1) is 12.7 Å². The Kier molecular flexibility index (Phi) is 4.68. The predicted octanol–water partition coefficient (Wildman–Crippen LogP) is 4.61. The molecule has 0 aliphatic rings. The van der Waals surface area contributed by atoms with Crippen molar-refractivity contribution in [2.45, 2.75) is 13.5 Å². The summed E-state index contributed by atoms with van der Waals surface area (Å²) in [6, 6.07) is 11.4. The molecule has 7 heteroatoms. The van der Waals surface area contributed by atoms with Crippen molar-refractivity contribution in [2.75, 3.05) is 5.32 Å². The van der Waals surface area contributed by atoms with Gasteiger partial charge in [-0.05, 0) is 40.5 Å². The van der Waals surface area contributed by atoms with Crippen LogP contribution in [-0.2, 0) is 6.54 Å². The van der Waals surface area contributed by atoms with E-state index in [1.807, 2.05) is 31.2 Å². The van der Waals surface area contributed by atoms with Gasteiger partial charge in [-0.25, -0.2) is 4.68 Å². The van der Waals surface area contributed by atoms with Crippen molar-refractivity contribution in [3.05, 3.63) is 68.6 Å². The molecule has 0 fully saturated rings. The first-order valence-corrected chi connectivity index (χ1v) is 8.45. The molecule has 3 rings (SSSR count). The predicted molar refractivity (Wildman–Crippen MR) is 94.6 cm³/mol. The topological polar surface area (TPSA) is 60.1 Å². The van der Waals surface area contributed by atoms with Gasteiger partial charge in [-0.1, -0.05) is 34.1 Å². The van der Waals surface area contributed by atoms with Gasteiger partial charge in [0.2, 0.25) is 0 Å². The summed E-state index contributed by atoms with van der Waals surface area (Å²) in [6.45, 7) is 2.37. The standard InChI is InChI=1S/C16H13Br2N3O2/c1-10-8-13(18)23-15(10)16(22)20-14-6-7-19-21(14)9-11-4-2-3-5-12(11)17/h2-8H,9H2,1H3,(H,20,22). The number of hydrogen-bond acceptors (Lipinski definition) is 3. The number of carbonyl (C=O) groups excluding carboxylic acids is 1. The third kappa shape index (κ3) is 3.56. The zero-order valence-electron chi connectivity index (χ0n) is 12.2. The highest BCUT2D eigenvalue weighted by atomic mass is 79.9. The zero-order valence-corrected chi connectivity index (χ0v) is 15.4. The SMILES string of the molecule is Cc1cc(Br)oc1C(=O)Nc1ccnn1Cc1ccccc1Br. The van der Waals surface area contributed by atoms with E-state index in [9.17, 15) is 4.79 Å². The molecule has 0 aliphatic carbocycles. The van der Waals surface area contributed by atoms with E-state index in [0.29, 0.717) is 17.0 Å². The highest BCUT2D eigenvalue weighted by Crippen LogP contribution is 2.22. The maximum atomic E-state index is 12.3. The van der Waals surface area contributed by atoms with Crippen molar-refractivity contribution < 1.29 is 9.21 Å². The Morgan fingerprint density at radius 1 is 1.30 bits per heavy atom. The summed E-state index contributed by atoms with van der Waals surface area (Å²) in [7, 11) is 0. The average molecular weight is 439 g/mol. The van der Waals surface area contributed by atoms with E-state index in [1.165, 1.54) is 0 Å². The van der Waals surface area contributed by atoms with Crippen LogP contribution in [0, 0.1) is 6.92 Å². The Balaban J connectivity index is 1.80. The molecule has 0 radical (unpaired) electrons. The minimum atomic E-state index is -0.304. The molecule has 1 aromatic carbocycles. The summed E-state index contributed by atoms with van der Waals surface area (Å²) >= 11 is 6.74. The molecule has 2 aromatic heterocycles. The lowest BCUT2D eigenvalue weighted by atomic mass is 10.2. The Morgan fingerprint density at radius 2 is 2.09 bits per heavy atom. The van der Waals surface area contributed by atoms with Crippen molar-refractivity contribution in [1.82, 2.24) is 9.78 Å². The minimum Gasteiger partial charge on any atom is -0.444 e. The lowest BCUT2D eigenvalue weighted by molar-refractivity contribution is 0.0993. The number of aryl methyl sites for hydroxylation is 1. The van der Waals surface area contributed by atoms with Crippen molar-refractivity contribution in [3.63, 3.8) is 0 Å². The van der Waals surface area contributed by atoms with Crippen LogP contribution in [0.15, 0.2) is 56.2 Å². The molecule has 0 aliphatic heterocycles. The highest BCUT2D eigenvalue weighted by molar-refractivity contribution is 9.10. The molecule has 0 bridgehead atoms. The Labute approximate surface area is 149 Å². The maximum absolute atomic E-state index is 12.3. The van der Waals surface area contributed by atoms with Gasteiger partial charge >= 0.3 is 0 Å².